The number of ether oxygens (including phenoxy) is 1. The topological polar surface area (TPSA) is 76.3 Å². The van der Waals surface area contributed by atoms with Crippen LogP contribution < -0.4 is 10.2 Å². The van der Waals surface area contributed by atoms with Gasteiger partial charge in [0.1, 0.15) is 5.82 Å². The van der Waals surface area contributed by atoms with Gasteiger partial charge in [0, 0.05) is 24.8 Å². The minimum atomic E-state index is 0.196. The van der Waals surface area contributed by atoms with Crippen LogP contribution in [0.15, 0.2) is 22.9 Å². The number of hydrogen-bond donors (Lipinski definition) is 1. The second kappa shape index (κ2) is 6.02. The van der Waals surface area contributed by atoms with Crippen LogP contribution in [0.2, 0.25) is 0 Å². The van der Waals surface area contributed by atoms with Gasteiger partial charge in [0.2, 0.25) is 11.7 Å². The van der Waals surface area contributed by atoms with Crippen molar-refractivity contribution in [2.45, 2.75) is 18.9 Å². The second-order valence-electron chi connectivity index (χ2n) is 5.61. The van der Waals surface area contributed by atoms with Crippen LogP contribution >= 0.6 is 0 Å². The van der Waals surface area contributed by atoms with Crippen molar-refractivity contribution in [3.8, 4) is 11.4 Å². The first-order chi connectivity index (χ1) is 10.9. The summed E-state index contributed by atoms with van der Waals surface area (Å²) >= 11 is 0. The first-order valence-corrected chi connectivity index (χ1v) is 7.76. The molecule has 0 saturated carbocycles. The highest BCUT2D eigenvalue weighted by atomic mass is 16.5. The van der Waals surface area contributed by atoms with Gasteiger partial charge >= 0.3 is 0 Å². The van der Waals surface area contributed by atoms with Gasteiger partial charge < -0.3 is 19.5 Å². The van der Waals surface area contributed by atoms with Gasteiger partial charge in [0.15, 0.2) is 0 Å². The molecular formula is C15H19N5O2. The van der Waals surface area contributed by atoms with Crippen molar-refractivity contribution in [2.24, 2.45) is 0 Å². The van der Waals surface area contributed by atoms with E-state index in [2.05, 4.69) is 25.3 Å². The minimum Gasteiger partial charge on any atom is -0.378 e. The van der Waals surface area contributed by atoms with Gasteiger partial charge in [0.25, 0.3) is 0 Å². The van der Waals surface area contributed by atoms with E-state index in [-0.39, 0.29) is 6.04 Å². The average Bonchev–Trinajstić information content (AvgIpc) is 3.27. The average molecular weight is 301 g/mol. The predicted molar refractivity (Wildman–Crippen MR) is 80.5 cm³/mol. The van der Waals surface area contributed by atoms with Gasteiger partial charge in [-0.3, -0.25) is 0 Å². The summed E-state index contributed by atoms with van der Waals surface area (Å²) in [6, 6.07) is 4.13. The molecule has 2 saturated heterocycles. The van der Waals surface area contributed by atoms with Gasteiger partial charge in [-0.2, -0.15) is 4.98 Å². The van der Waals surface area contributed by atoms with Gasteiger partial charge in [0.05, 0.1) is 19.3 Å². The van der Waals surface area contributed by atoms with E-state index in [1.54, 1.807) is 6.20 Å². The second-order valence-corrected chi connectivity index (χ2v) is 5.61. The Morgan fingerprint density at radius 3 is 3.00 bits per heavy atom. The molecule has 4 heterocycles. The molecule has 0 aliphatic carbocycles. The Morgan fingerprint density at radius 1 is 1.27 bits per heavy atom. The Bertz CT molecular complexity index is 632. The maximum absolute atomic E-state index is 5.41. The SMILES string of the molecule is c1cc(-c2noc([C@@H]3CCCN3)n2)cc(N2CCOCC2)n1. The smallest absolute Gasteiger partial charge is 0.244 e. The number of aromatic nitrogens is 3. The van der Waals surface area contributed by atoms with Gasteiger partial charge in [-0.05, 0) is 31.5 Å². The van der Waals surface area contributed by atoms with Crippen LogP contribution in [0.25, 0.3) is 11.4 Å². The van der Waals surface area contributed by atoms with Crippen LogP contribution in [0.5, 0.6) is 0 Å². The van der Waals surface area contributed by atoms with Crippen LogP contribution in [0.1, 0.15) is 24.8 Å². The molecule has 0 aromatic carbocycles. The van der Waals surface area contributed by atoms with Crippen molar-refractivity contribution >= 4 is 5.82 Å². The number of hydrogen-bond acceptors (Lipinski definition) is 7. The Hall–Kier alpha value is -1.99. The summed E-state index contributed by atoms with van der Waals surface area (Å²) < 4.78 is 10.8. The number of anilines is 1. The van der Waals surface area contributed by atoms with Gasteiger partial charge in [-0.15, -0.1) is 0 Å². The number of nitrogens with zero attached hydrogens (tertiary/aromatic N) is 4. The summed E-state index contributed by atoms with van der Waals surface area (Å²) in [6.07, 6.45) is 4.00. The maximum atomic E-state index is 5.41. The molecule has 7 heteroatoms. The molecule has 0 spiro atoms. The normalized spacial score (nSPS) is 22.2. The van der Waals surface area contributed by atoms with E-state index in [0.717, 1.165) is 57.1 Å². The lowest BCUT2D eigenvalue weighted by Gasteiger charge is -2.27. The predicted octanol–water partition coefficient (Wildman–Crippen LogP) is 1.39. The van der Waals surface area contributed by atoms with Crippen LogP contribution in [-0.2, 0) is 4.74 Å². The Balaban J connectivity index is 1.56. The molecule has 0 radical (unpaired) electrons. The van der Waals surface area contributed by atoms with Crippen molar-refractivity contribution in [1.29, 1.82) is 0 Å². The van der Waals surface area contributed by atoms with E-state index in [0.29, 0.717) is 11.7 Å². The molecular weight excluding hydrogens is 282 g/mol. The monoisotopic (exact) mass is 301 g/mol. The molecule has 0 amide bonds. The summed E-state index contributed by atoms with van der Waals surface area (Å²) in [5.74, 6) is 2.24. The molecule has 1 atom stereocenters. The highest BCUT2D eigenvalue weighted by Gasteiger charge is 2.23. The van der Waals surface area contributed by atoms with E-state index in [4.69, 9.17) is 9.26 Å². The summed E-state index contributed by atoms with van der Waals surface area (Å²) in [6.45, 7) is 4.22. The molecule has 2 aliphatic heterocycles. The van der Waals surface area contributed by atoms with Crippen LogP contribution in [-0.4, -0.2) is 48.0 Å². The standard InChI is InChI=1S/C15H19N5O2/c1-2-12(16-4-1)15-18-14(19-22-15)11-3-5-17-13(10-11)20-6-8-21-9-7-20/h3,5,10,12,16H,1-2,4,6-9H2/t12-/m0/s1. The molecule has 22 heavy (non-hydrogen) atoms. The molecule has 116 valence electrons. The fraction of sp³-hybridized carbons (Fsp3) is 0.533. The molecule has 2 aromatic rings. The van der Waals surface area contributed by atoms with Crippen molar-refractivity contribution < 1.29 is 9.26 Å². The van der Waals surface area contributed by atoms with Crippen LogP contribution in [0.3, 0.4) is 0 Å². The van der Waals surface area contributed by atoms with Crippen molar-refractivity contribution in [1.82, 2.24) is 20.4 Å². The molecule has 4 rings (SSSR count). The first-order valence-electron chi connectivity index (χ1n) is 7.76. The number of morpholine rings is 1. The summed E-state index contributed by atoms with van der Waals surface area (Å²) in [5, 5.41) is 7.49. The lowest BCUT2D eigenvalue weighted by molar-refractivity contribution is 0.122. The molecule has 2 fully saturated rings. The van der Waals surface area contributed by atoms with E-state index >= 15 is 0 Å². The van der Waals surface area contributed by atoms with Gasteiger partial charge in [-0.25, -0.2) is 4.98 Å². The Labute approximate surface area is 128 Å². The van der Waals surface area contributed by atoms with E-state index in [1.165, 1.54) is 0 Å². The summed E-state index contributed by atoms with van der Waals surface area (Å²) in [7, 11) is 0. The quantitative estimate of drug-likeness (QED) is 0.918. The lowest BCUT2D eigenvalue weighted by atomic mass is 10.2. The highest BCUT2D eigenvalue weighted by molar-refractivity contribution is 5.59. The maximum Gasteiger partial charge on any atom is 0.244 e. The number of pyridine rings is 1. The third kappa shape index (κ3) is 2.69. The molecule has 2 aliphatic rings. The van der Waals surface area contributed by atoms with Crippen molar-refractivity contribution in [2.75, 3.05) is 37.7 Å². The number of rotatable bonds is 3. The third-order valence-corrected chi connectivity index (χ3v) is 4.14. The minimum absolute atomic E-state index is 0.196. The first kappa shape index (κ1) is 13.7. The van der Waals surface area contributed by atoms with E-state index < -0.39 is 0 Å². The fourth-order valence-electron chi connectivity index (χ4n) is 2.91. The molecule has 0 bridgehead atoms. The highest BCUT2D eigenvalue weighted by Crippen LogP contribution is 2.25. The van der Waals surface area contributed by atoms with E-state index in [9.17, 15) is 0 Å². The molecule has 0 unspecified atom stereocenters. The van der Waals surface area contributed by atoms with Crippen molar-refractivity contribution in [3.05, 3.63) is 24.2 Å². The summed E-state index contributed by atoms with van der Waals surface area (Å²) in [4.78, 5) is 11.2. The molecule has 1 N–H and O–H groups in total. The zero-order chi connectivity index (χ0) is 14.8. The fourth-order valence-corrected chi connectivity index (χ4v) is 2.91. The largest absolute Gasteiger partial charge is 0.378 e. The third-order valence-electron chi connectivity index (χ3n) is 4.14. The summed E-state index contributed by atoms with van der Waals surface area (Å²) in [5.41, 5.74) is 0.935. The van der Waals surface area contributed by atoms with Crippen LogP contribution in [0.4, 0.5) is 5.82 Å². The van der Waals surface area contributed by atoms with Gasteiger partial charge in [-0.1, -0.05) is 5.16 Å². The Morgan fingerprint density at radius 2 is 2.18 bits per heavy atom. The van der Waals surface area contributed by atoms with E-state index in [1.807, 2.05) is 12.1 Å². The van der Waals surface area contributed by atoms with Crippen molar-refractivity contribution in [3.63, 3.8) is 0 Å². The lowest BCUT2D eigenvalue weighted by Crippen LogP contribution is -2.36. The van der Waals surface area contributed by atoms with Crippen LogP contribution in [0, 0.1) is 0 Å². The zero-order valence-electron chi connectivity index (χ0n) is 12.4. The molecule has 7 nitrogen and oxygen atoms in total. The zero-order valence-corrected chi connectivity index (χ0v) is 12.4. The number of nitrogens with one attached hydrogen (secondary N) is 1. The Kier molecular flexibility index (Phi) is 3.74. The molecule has 2 aromatic heterocycles.